The molecule has 0 aliphatic carbocycles. The van der Waals surface area contributed by atoms with Crippen molar-refractivity contribution in [3.63, 3.8) is 0 Å². The zero-order valence-electron chi connectivity index (χ0n) is 7.23. The highest BCUT2D eigenvalue weighted by molar-refractivity contribution is 7.88. The van der Waals surface area contributed by atoms with Gasteiger partial charge in [0.15, 0.2) is 6.73 Å². The van der Waals surface area contributed by atoms with Crippen LogP contribution in [0.25, 0.3) is 0 Å². The van der Waals surface area contributed by atoms with Gasteiger partial charge in [0.2, 0.25) is 10.0 Å². The molecule has 0 unspecified atom stereocenters. The number of hydrogen-bond acceptors (Lipinski definition) is 3. The lowest BCUT2D eigenvalue weighted by atomic mass is 10.3. The Morgan fingerprint density at radius 3 is 2.46 bits per heavy atom. The van der Waals surface area contributed by atoms with Crippen LogP contribution in [0.3, 0.4) is 0 Å². The Labute approximate surface area is 77.6 Å². The Morgan fingerprint density at radius 1 is 1.31 bits per heavy atom. The van der Waals surface area contributed by atoms with Gasteiger partial charge >= 0.3 is 0 Å². The number of ether oxygens (including phenoxy) is 1. The third-order valence-electron chi connectivity index (χ3n) is 1.30. The highest BCUT2D eigenvalue weighted by Gasteiger charge is 1.98. The average Bonchev–Trinajstić information content (AvgIpc) is 2.04. The third kappa shape index (κ3) is 4.49. The minimum Gasteiger partial charge on any atom is -0.477 e. The molecule has 0 amide bonds. The maximum Gasteiger partial charge on any atom is 0.211 e. The summed E-state index contributed by atoms with van der Waals surface area (Å²) < 4.78 is 28.6. The average molecular weight is 201 g/mol. The van der Waals surface area contributed by atoms with Crippen LogP contribution in [0.1, 0.15) is 0 Å². The molecule has 1 aromatic rings. The Morgan fingerprint density at radius 2 is 1.92 bits per heavy atom. The van der Waals surface area contributed by atoms with Crippen molar-refractivity contribution in [3.8, 4) is 5.75 Å². The monoisotopic (exact) mass is 201 g/mol. The van der Waals surface area contributed by atoms with E-state index in [9.17, 15) is 8.42 Å². The Hall–Kier alpha value is -1.07. The summed E-state index contributed by atoms with van der Waals surface area (Å²) in [6, 6.07) is 9.00. The molecule has 1 rings (SSSR count). The second-order valence-electron chi connectivity index (χ2n) is 2.52. The second-order valence-corrected chi connectivity index (χ2v) is 4.35. The largest absolute Gasteiger partial charge is 0.477 e. The summed E-state index contributed by atoms with van der Waals surface area (Å²) in [5.41, 5.74) is 0. The van der Waals surface area contributed by atoms with Crippen LogP contribution in [-0.4, -0.2) is 21.4 Å². The minimum absolute atomic E-state index is 0.0388. The molecule has 0 bridgehead atoms. The van der Waals surface area contributed by atoms with E-state index in [1.54, 1.807) is 12.1 Å². The molecule has 0 atom stereocenters. The van der Waals surface area contributed by atoms with Gasteiger partial charge in [-0.05, 0) is 12.1 Å². The first-order valence-electron chi connectivity index (χ1n) is 3.70. The van der Waals surface area contributed by atoms with Gasteiger partial charge in [-0.2, -0.15) is 4.72 Å². The molecule has 0 fully saturated rings. The van der Waals surface area contributed by atoms with E-state index in [-0.39, 0.29) is 6.73 Å². The van der Waals surface area contributed by atoms with Gasteiger partial charge in [0, 0.05) is 0 Å². The Bertz CT molecular complexity index is 347. The lowest BCUT2D eigenvalue weighted by Gasteiger charge is -2.05. The molecular weight excluding hydrogens is 190 g/mol. The Balaban J connectivity index is 2.37. The van der Waals surface area contributed by atoms with Crippen LogP contribution in [0.15, 0.2) is 30.3 Å². The molecule has 72 valence electrons. The number of nitrogens with one attached hydrogen (secondary N) is 1. The van der Waals surface area contributed by atoms with Gasteiger partial charge in [-0.15, -0.1) is 0 Å². The number of rotatable bonds is 4. The van der Waals surface area contributed by atoms with Gasteiger partial charge in [0.05, 0.1) is 6.26 Å². The van der Waals surface area contributed by atoms with Crippen molar-refractivity contribution < 1.29 is 13.2 Å². The summed E-state index contributed by atoms with van der Waals surface area (Å²) in [5, 5.41) is 0. The van der Waals surface area contributed by atoms with E-state index >= 15 is 0 Å². The van der Waals surface area contributed by atoms with Crippen LogP contribution in [0.4, 0.5) is 0 Å². The summed E-state index contributed by atoms with van der Waals surface area (Å²) in [7, 11) is -3.17. The maximum absolute atomic E-state index is 10.6. The molecule has 5 heteroatoms. The number of benzene rings is 1. The summed E-state index contributed by atoms with van der Waals surface area (Å²) in [5.74, 6) is 0.638. The molecular formula is C8H11NO3S. The first kappa shape index (κ1) is 10.0. The van der Waals surface area contributed by atoms with Crippen LogP contribution in [-0.2, 0) is 10.0 Å². The highest BCUT2D eigenvalue weighted by Crippen LogP contribution is 2.06. The molecule has 0 saturated heterocycles. The SMILES string of the molecule is CS(=O)(=O)NCOc1ccccc1. The first-order chi connectivity index (χ1) is 6.08. The molecule has 0 saturated carbocycles. The van der Waals surface area contributed by atoms with E-state index in [2.05, 4.69) is 4.72 Å². The lowest BCUT2D eigenvalue weighted by Crippen LogP contribution is -2.26. The summed E-state index contributed by atoms with van der Waals surface area (Å²) in [6.45, 7) is -0.0388. The normalized spacial score (nSPS) is 11.2. The molecule has 0 spiro atoms. The molecule has 13 heavy (non-hydrogen) atoms. The molecule has 0 heterocycles. The molecule has 1 N–H and O–H groups in total. The molecule has 1 aromatic carbocycles. The van der Waals surface area contributed by atoms with Gasteiger partial charge in [-0.1, -0.05) is 18.2 Å². The number of sulfonamides is 1. The topological polar surface area (TPSA) is 55.4 Å². The fraction of sp³-hybridized carbons (Fsp3) is 0.250. The predicted octanol–water partition coefficient (Wildman–Crippen LogP) is 0.572. The van der Waals surface area contributed by atoms with E-state index in [0.29, 0.717) is 5.75 Å². The van der Waals surface area contributed by atoms with Crippen molar-refractivity contribution >= 4 is 10.0 Å². The van der Waals surface area contributed by atoms with Crippen LogP contribution >= 0.6 is 0 Å². The van der Waals surface area contributed by atoms with Gasteiger partial charge < -0.3 is 4.74 Å². The second kappa shape index (κ2) is 4.25. The van der Waals surface area contributed by atoms with Gasteiger partial charge in [-0.3, -0.25) is 0 Å². The molecule has 0 aliphatic heterocycles. The maximum atomic E-state index is 10.6. The fourth-order valence-corrected chi connectivity index (χ4v) is 1.01. The van der Waals surface area contributed by atoms with Crippen molar-refractivity contribution in [2.75, 3.05) is 13.0 Å². The zero-order valence-corrected chi connectivity index (χ0v) is 8.04. The van der Waals surface area contributed by atoms with E-state index < -0.39 is 10.0 Å². The number of hydrogen-bond donors (Lipinski definition) is 1. The van der Waals surface area contributed by atoms with Crippen LogP contribution in [0, 0.1) is 0 Å². The van der Waals surface area contributed by atoms with Crippen molar-refractivity contribution in [2.24, 2.45) is 0 Å². The van der Waals surface area contributed by atoms with Gasteiger partial charge in [-0.25, -0.2) is 8.42 Å². The quantitative estimate of drug-likeness (QED) is 0.725. The van der Waals surface area contributed by atoms with Gasteiger partial charge in [0.1, 0.15) is 5.75 Å². The Kier molecular flexibility index (Phi) is 3.27. The predicted molar refractivity (Wildman–Crippen MR) is 49.9 cm³/mol. The molecule has 0 aromatic heterocycles. The summed E-state index contributed by atoms with van der Waals surface area (Å²) in [6.07, 6.45) is 1.08. The molecule has 4 nitrogen and oxygen atoms in total. The molecule has 0 radical (unpaired) electrons. The summed E-state index contributed by atoms with van der Waals surface area (Å²) in [4.78, 5) is 0. The smallest absolute Gasteiger partial charge is 0.211 e. The highest BCUT2D eigenvalue weighted by atomic mass is 32.2. The lowest BCUT2D eigenvalue weighted by molar-refractivity contribution is 0.311. The standard InChI is InChI=1S/C8H11NO3S/c1-13(10,11)9-7-12-8-5-3-2-4-6-8/h2-6,9H,7H2,1H3. The van der Waals surface area contributed by atoms with Crippen molar-refractivity contribution in [1.29, 1.82) is 0 Å². The van der Waals surface area contributed by atoms with Crippen molar-refractivity contribution in [1.82, 2.24) is 4.72 Å². The van der Waals surface area contributed by atoms with E-state index in [1.807, 2.05) is 18.2 Å². The van der Waals surface area contributed by atoms with Crippen molar-refractivity contribution in [3.05, 3.63) is 30.3 Å². The summed E-state index contributed by atoms with van der Waals surface area (Å²) >= 11 is 0. The van der Waals surface area contributed by atoms with Crippen LogP contribution < -0.4 is 9.46 Å². The van der Waals surface area contributed by atoms with Crippen LogP contribution in [0.5, 0.6) is 5.75 Å². The van der Waals surface area contributed by atoms with Crippen LogP contribution in [0.2, 0.25) is 0 Å². The zero-order chi connectivity index (χ0) is 9.73. The fourth-order valence-electron chi connectivity index (χ4n) is 0.737. The minimum atomic E-state index is -3.17. The van der Waals surface area contributed by atoms with E-state index in [1.165, 1.54) is 0 Å². The van der Waals surface area contributed by atoms with Gasteiger partial charge in [0.25, 0.3) is 0 Å². The number of para-hydroxylation sites is 1. The third-order valence-corrected chi connectivity index (χ3v) is 1.95. The first-order valence-corrected chi connectivity index (χ1v) is 5.59. The van der Waals surface area contributed by atoms with E-state index in [4.69, 9.17) is 4.74 Å². The van der Waals surface area contributed by atoms with E-state index in [0.717, 1.165) is 6.26 Å². The van der Waals surface area contributed by atoms with Crippen molar-refractivity contribution in [2.45, 2.75) is 0 Å². The molecule has 0 aliphatic rings.